The number of allylic oxidation sites excluding steroid dienone is 4. The number of ether oxygens (including phenoxy) is 2. The second-order valence-corrected chi connectivity index (χ2v) is 15.8. The highest BCUT2D eigenvalue weighted by molar-refractivity contribution is 7.47. The van der Waals surface area contributed by atoms with Crippen LogP contribution in [-0.4, -0.2) is 65.7 Å². The van der Waals surface area contributed by atoms with Crippen LogP contribution >= 0.6 is 7.82 Å². The summed E-state index contributed by atoms with van der Waals surface area (Å²) in [4.78, 5) is 34.9. The first kappa shape index (κ1) is 51.5. The number of phosphoric ester groups is 1. The van der Waals surface area contributed by atoms with Crippen LogP contribution in [0.2, 0.25) is 0 Å². The molecule has 0 aromatic heterocycles. The van der Waals surface area contributed by atoms with Crippen LogP contribution in [0.3, 0.4) is 0 Å². The van der Waals surface area contributed by atoms with E-state index in [-0.39, 0.29) is 19.4 Å². The highest BCUT2D eigenvalue weighted by atomic mass is 31.2. The van der Waals surface area contributed by atoms with Crippen molar-refractivity contribution in [3.8, 4) is 0 Å². The normalized spacial score (nSPS) is 14.1. The molecule has 3 atom stereocenters. The lowest BCUT2D eigenvalue weighted by atomic mass is 10.0. The zero-order valence-electron chi connectivity index (χ0n) is 33.7. The Balaban J connectivity index is 4.31. The molecule has 0 radical (unpaired) electrons. The second kappa shape index (κ2) is 38.7. The van der Waals surface area contributed by atoms with Crippen molar-refractivity contribution in [3.05, 3.63) is 24.3 Å². The van der Waals surface area contributed by atoms with Gasteiger partial charge in [0.05, 0.1) is 19.8 Å². The first-order chi connectivity index (χ1) is 25.7. The van der Waals surface area contributed by atoms with E-state index in [9.17, 15) is 24.2 Å². The third-order valence-corrected chi connectivity index (χ3v) is 10.1. The van der Waals surface area contributed by atoms with E-state index in [1.54, 1.807) is 0 Å². The van der Waals surface area contributed by atoms with Crippen molar-refractivity contribution in [2.45, 2.75) is 206 Å². The Hall–Kier alpha value is -1.55. The van der Waals surface area contributed by atoms with Crippen LogP contribution in [0.4, 0.5) is 0 Å². The summed E-state index contributed by atoms with van der Waals surface area (Å²) in [7, 11) is -4.62. The van der Waals surface area contributed by atoms with Crippen molar-refractivity contribution in [1.29, 1.82) is 0 Å². The van der Waals surface area contributed by atoms with Gasteiger partial charge in [-0.1, -0.05) is 160 Å². The number of aliphatic hydroxyl groups is 2. The van der Waals surface area contributed by atoms with Crippen LogP contribution in [0, 0.1) is 0 Å². The molecule has 0 saturated heterocycles. The van der Waals surface area contributed by atoms with Gasteiger partial charge in [-0.3, -0.25) is 18.6 Å². The Morgan fingerprint density at radius 2 is 0.981 bits per heavy atom. The first-order valence-electron chi connectivity index (χ1n) is 21.3. The standard InChI is InChI=1S/C42H79O10P/c1-3-5-7-9-11-13-15-17-19-21-23-25-27-29-31-33-41(45)49-37-40(38-51-53(47,48)50-36-39(44)35-43)52-42(46)34-32-30-28-26-24-22-20-18-16-14-12-10-8-6-4-2/h12,14,18,20,39-40,43-44H,3-11,13,15-17,19,21-38H2,1-2H3,(H,47,48). The number of hydrogen-bond acceptors (Lipinski definition) is 9. The van der Waals surface area contributed by atoms with Crippen LogP contribution < -0.4 is 0 Å². The number of phosphoric acid groups is 1. The van der Waals surface area contributed by atoms with Gasteiger partial charge in [-0.25, -0.2) is 4.57 Å². The van der Waals surface area contributed by atoms with E-state index in [0.29, 0.717) is 12.8 Å². The molecular weight excluding hydrogens is 695 g/mol. The highest BCUT2D eigenvalue weighted by Gasteiger charge is 2.27. The molecule has 0 aliphatic heterocycles. The molecule has 0 saturated carbocycles. The summed E-state index contributed by atoms with van der Waals surface area (Å²) >= 11 is 0. The molecule has 3 N–H and O–H groups in total. The quantitative estimate of drug-likeness (QED) is 0.0238. The number of aliphatic hydroxyl groups excluding tert-OH is 2. The minimum atomic E-state index is -4.62. The van der Waals surface area contributed by atoms with Gasteiger partial charge in [0, 0.05) is 12.8 Å². The van der Waals surface area contributed by atoms with Crippen LogP contribution in [0.5, 0.6) is 0 Å². The maximum absolute atomic E-state index is 12.6. The zero-order chi connectivity index (χ0) is 39.1. The average Bonchev–Trinajstić information content (AvgIpc) is 3.14. The minimum absolute atomic E-state index is 0.171. The number of unbranched alkanes of at least 4 members (excludes halogenated alkanes) is 22. The van der Waals surface area contributed by atoms with E-state index in [1.807, 2.05) is 0 Å². The maximum Gasteiger partial charge on any atom is 0.472 e. The molecule has 0 bridgehead atoms. The van der Waals surface area contributed by atoms with Crippen molar-refractivity contribution >= 4 is 19.8 Å². The Bertz CT molecular complexity index is 941. The fourth-order valence-electron chi connectivity index (χ4n) is 5.79. The first-order valence-corrected chi connectivity index (χ1v) is 22.8. The van der Waals surface area contributed by atoms with E-state index in [2.05, 4.69) is 42.7 Å². The fourth-order valence-corrected chi connectivity index (χ4v) is 6.58. The molecule has 0 spiro atoms. The molecule has 0 aliphatic carbocycles. The highest BCUT2D eigenvalue weighted by Crippen LogP contribution is 2.43. The molecule has 0 heterocycles. The molecular formula is C42H79O10P. The Morgan fingerprint density at radius 3 is 1.49 bits per heavy atom. The molecule has 0 aliphatic rings. The summed E-state index contributed by atoms with van der Waals surface area (Å²) < 4.78 is 32.7. The van der Waals surface area contributed by atoms with Crippen LogP contribution in [-0.2, 0) is 32.7 Å². The minimum Gasteiger partial charge on any atom is -0.462 e. The summed E-state index contributed by atoms with van der Waals surface area (Å²) in [6.45, 7) is 2.35. The van der Waals surface area contributed by atoms with Crippen molar-refractivity contribution in [2.75, 3.05) is 26.4 Å². The predicted molar refractivity (Wildman–Crippen MR) is 215 cm³/mol. The SMILES string of the molecule is CCCCCC=CCC=CCCCCCCCC(=O)OC(COC(=O)CCCCCCCCCCCCCCCCC)COP(=O)(O)OCC(O)CO. The number of carbonyl (C=O) groups is 2. The van der Waals surface area contributed by atoms with Gasteiger partial charge in [-0.05, 0) is 44.9 Å². The summed E-state index contributed by atoms with van der Waals surface area (Å²) in [6, 6.07) is 0. The van der Waals surface area contributed by atoms with Gasteiger partial charge in [0.25, 0.3) is 0 Å². The third kappa shape index (κ3) is 38.5. The predicted octanol–water partition coefficient (Wildman–Crippen LogP) is 11.0. The Kier molecular flexibility index (Phi) is 37.6. The van der Waals surface area contributed by atoms with Crippen molar-refractivity contribution < 1.29 is 47.8 Å². The Morgan fingerprint density at radius 1 is 0.566 bits per heavy atom. The zero-order valence-corrected chi connectivity index (χ0v) is 34.6. The van der Waals surface area contributed by atoms with E-state index in [1.165, 1.54) is 89.9 Å². The average molecular weight is 775 g/mol. The van der Waals surface area contributed by atoms with Crippen LogP contribution in [0.15, 0.2) is 24.3 Å². The number of carbonyl (C=O) groups excluding carboxylic acids is 2. The molecule has 0 aromatic rings. The second-order valence-electron chi connectivity index (χ2n) is 14.4. The molecule has 10 nitrogen and oxygen atoms in total. The maximum atomic E-state index is 12.6. The van der Waals surface area contributed by atoms with Crippen molar-refractivity contribution in [3.63, 3.8) is 0 Å². The molecule has 0 rings (SSSR count). The molecule has 312 valence electrons. The molecule has 53 heavy (non-hydrogen) atoms. The van der Waals surface area contributed by atoms with Crippen molar-refractivity contribution in [1.82, 2.24) is 0 Å². The number of hydrogen-bond donors (Lipinski definition) is 3. The summed E-state index contributed by atoms with van der Waals surface area (Å²) in [5, 5.41) is 18.3. The monoisotopic (exact) mass is 775 g/mol. The lowest BCUT2D eigenvalue weighted by molar-refractivity contribution is -0.161. The van der Waals surface area contributed by atoms with Gasteiger partial charge in [0.15, 0.2) is 6.10 Å². The molecule has 0 amide bonds. The third-order valence-electron chi connectivity index (χ3n) is 9.11. The Labute approximate surface area is 323 Å². The van der Waals surface area contributed by atoms with Crippen LogP contribution in [0.25, 0.3) is 0 Å². The van der Waals surface area contributed by atoms with E-state index in [4.69, 9.17) is 19.1 Å². The molecule has 3 unspecified atom stereocenters. The molecule has 11 heteroatoms. The molecule has 0 aromatic carbocycles. The van der Waals surface area contributed by atoms with Crippen molar-refractivity contribution in [2.24, 2.45) is 0 Å². The van der Waals surface area contributed by atoms with Gasteiger partial charge in [-0.2, -0.15) is 0 Å². The van der Waals surface area contributed by atoms with Gasteiger partial charge in [-0.15, -0.1) is 0 Å². The fraction of sp³-hybridized carbons (Fsp3) is 0.857. The topological polar surface area (TPSA) is 149 Å². The van der Waals surface area contributed by atoms with Gasteiger partial charge < -0.3 is 24.6 Å². The van der Waals surface area contributed by atoms with E-state index < -0.39 is 51.8 Å². The summed E-state index contributed by atoms with van der Waals surface area (Å²) in [5.41, 5.74) is 0. The van der Waals surface area contributed by atoms with E-state index >= 15 is 0 Å². The smallest absolute Gasteiger partial charge is 0.462 e. The summed E-state index contributed by atoms with van der Waals surface area (Å²) in [6.07, 6.45) is 37.1. The van der Waals surface area contributed by atoms with Crippen LogP contribution in [0.1, 0.15) is 194 Å². The number of rotatable bonds is 40. The van der Waals surface area contributed by atoms with Gasteiger partial charge in [0.1, 0.15) is 12.7 Å². The number of esters is 2. The van der Waals surface area contributed by atoms with Gasteiger partial charge in [0.2, 0.25) is 0 Å². The lowest BCUT2D eigenvalue weighted by Crippen LogP contribution is -2.29. The largest absolute Gasteiger partial charge is 0.472 e. The molecule has 0 fully saturated rings. The lowest BCUT2D eigenvalue weighted by Gasteiger charge is -2.20. The van der Waals surface area contributed by atoms with Gasteiger partial charge >= 0.3 is 19.8 Å². The summed E-state index contributed by atoms with van der Waals surface area (Å²) in [5.74, 6) is -0.934. The van der Waals surface area contributed by atoms with E-state index in [0.717, 1.165) is 64.2 Å².